The Balaban J connectivity index is 1.43. The van der Waals surface area contributed by atoms with E-state index in [0.29, 0.717) is 42.8 Å². The standard InChI is InChI=1S/C25H36O5/c1-4-5-22(27)29-15-23(28)30-21-9-8-19-18-7-6-16-14-17(26)10-12-24(16,2)20(18)11-13-25(19,21)3/h14,18-21H,4-13,15H2,1-3H3/t18-,19-,20-,21-,24-,25-/m0/s1. The van der Waals surface area contributed by atoms with Crippen molar-refractivity contribution >= 4 is 17.7 Å². The molecule has 0 aromatic heterocycles. The first-order valence-electron chi connectivity index (χ1n) is 11.9. The molecule has 30 heavy (non-hydrogen) atoms. The molecule has 0 heterocycles. The Morgan fingerprint density at radius 1 is 1.03 bits per heavy atom. The van der Waals surface area contributed by atoms with Gasteiger partial charge in [-0.25, -0.2) is 4.79 Å². The lowest BCUT2D eigenvalue weighted by atomic mass is 9.47. The van der Waals surface area contributed by atoms with Gasteiger partial charge >= 0.3 is 11.9 Å². The molecule has 6 atom stereocenters. The van der Waals surface area contributed by atoms with Gasteiger partial charge in [-0.3, -0.25) is 9.59 Å². The fourth-order valence-corrected chi connectivity index (χ4v) is 7.31. The van der Waals surface area contributed by atoms with Gasteiger partial charge in [0.15, 0.2) is 12.4 Å². The molecule has 0 aromatic rings. The minimum atomic E-state index is -0.417. The second kappa shape index (κ2) is 8.12. The summed E-state index contributed by atoms with van der Waals surface area (Å²) in [5.74, 6) is 1.39. The van der Waals surface area contributed by atoms with Crippen molar-refractivity contribution in [2.45, 2.75) is 91.1 Å². The van der Waals surface area contributed by atoms with Crippen molar-refractivity contribution in [3.8, 4) is 0 Å². The van der Waals surface area contributed by atoms with E-state index in [1.165, 1.54) is 5.57 Å². The van der Waals surface area contributed by atoms with E-state index in [1.807, 2.05) is 13.0 Å². The highest BCUT2D eigenvalue weighted by molar-refractivity contribution is 5.91. The van der Waals surface area contributed by atoms with Crippen LogP contribution in [-0.4, -0.2) is 30.4 Å². The second-order valence-electron chi connectivity index (χ2n) is 10.5. The van der Waals surface area contributed by atoms with Crippen molar-refractivity contribution in [1.29, 1.82) is 0 Å². The van der Waals surface area contributed by atoms with Crippen molar-refractivity contribution in [2.24, 2.45) is 28.6 Å². The summed E-state index contributed by atoms with van der Waals surface area (Å²) in [7, 11) is 0. The highest BCUT2D eigenvalue weighted by atomic mass is 16.6. The molecule has 4 rings (SSSR count). The van der Waals surface area contributed by atoms with Crippen LogP contribution in [-0.2, 0) is 23.9 Å². The lowest BCUT2D eigenvalue weighted by molar-refractivity contribution is -0.169. The Morgan fingerprint density at radius 3 is 2.60 bits per heavy atom. The van der Waals surface area contributed by atoms with Crippen LogP contribution in [0.15, 0.2) is 11.6 Å². The number of ketones is 1. The van der Waals surface area contributed by atoms with E-state index in [2.05, 4.69) is 13.8 Å². The second-order valence-corrected chi connectivity index (χ2v) is 10.5. The van der Waals surface area contributed by atoms with E-state index in [4.69, 9.17) is 9.47 Å². The van der Waals surface area contributed by atoms with Gasteiger partial charge in [0.2, 0.25) is 0 Å². The molecule has 0 aromatic carbocycles. The zero-order valence-corrected chi connectivity index (χ0v) is 18.7. The Hall–Kier alpha value is -1.65. The molecule has 166 valence electrons. The first-order chi connectivity index (χ1) is 14.3. The van der Waals surface area contributed by atoms with Gasteiger partial charge in [-0.1, -0.05) is 26.3 Å². The topological polar surface area (TPSA) is 69.7 Å². The van der Waals surface area contributed by atoms with Crippen LogP contribution in [0.2, 0.25) is 0 Å². The van der Waals surface area contributed by atoms with E-state index in [0.717, 1.165) is 44.9 Å². The van der Waals surface area contributed by atoms with Crippen LogP contribution >= 0.6 is 0 Å². The van der Waals surface area contributed by atoms with E-state index in [-0.39, 0.29) is 29.5 Å². The van der Waals surface area contributed by atoms with Crippen LogP contribution in [0.1, 0.15) is 85.0 Å². The molecule has 0 N–H and O–H groups in total. The Kier molecular flexibility index (Phi) is 5.84. The third-order valence-electron chi connectivity index (χ3n) is 8.95. The lowest BCUT2D eigenvalue weighted by Gasteiger charge is -2.57. The SMILES string of the molecule is CCCC(=O)OCC(=O)O[C@H]1CC[C@H]2[C@@H]3CCC4=CC(=O)CC[C@]4(C)[C@H]3CC[C@]12C. The fourth-order valence-electron chi connectivity index (χ4n) is 7.31. The molecule has 0 bridgehead atoms. The average Bonchev–Trinajstić information content (AvgIpc) is 3.03. The predicted molar refractivity (Wildman–Crippen MR) is 112 cm³/mol. The van der Waals surface area contributed by atoms with Gasteiger partial charge in [0.05, 0.1) is 0 Å². The molecule has 0 amide bonds. The Morgan fingerprint density at radius 2 is 1.83 bits per heavy atom. The maximum absolute atomic E-state index is 12.3. The van der Waals surface area contributed by atoms with Gasteiger partial charge in [0.25, 0.3) is 0 Å². The van der Waals surface area contributed by atoms with Gasteiger partial charge in [0.1, 0.15) is 6.10 Å². The number of carbonyl (C=O) groups is 3. The van der Waals surface area contributed by atoms with E-state index in [9.17, 15) is 14.4 Å². The first kappa shape index (κ1) is 21.6. The average molecular weight is 417 g/mol. The Bertz CT molecular complexity index is 755. The molecule has 0 aliphatic heterocycles. The van der Waals surface area contributed by atoms with Gasteiger partial charge in [-0.05, 0) is 80.6 Å². The van der Waals surface area contributed by atoms with Gasteiger partial charge < -0.3 is 9.47 Å². The molecular weight excluding hydrogens is 380 g/mol. The van der Waals surface area contributed by atoms with Crippen molar-refractivity contribution in [1.82, 2.24) is 0 Å². The largest absolute Gasteiger partial charge is 0.459 e. The molecular formula is C25H36O5. The summed E-state index contributed by atoms with van der Waals surface area (Å²) < 4.78 is 10.9. The molecule has 4 aliphatic carbocycles. The molecule has 0 spiro atoms. The fraction of sp³-hybridized carbons (Fsp3) is 0.800. The van der Waals surface area contributed by atoms with Crippen molar-refractivity contribution in [2.75, 3.05) is 6.61 Å². The number of carbonyl (C=O) groups excluding carboxylic acids is 3. The smallest absolute Gasteiger partial charge is 0.344 e. The van der Waals surface area contributed by atoms with Crippen LogP contribution in [0.4, 0.5) is 0 Å². The number of fused-ring (bicyclic) bond motifs is 5. The number of allylic oxidation sites excluding steroid dienone is 1. The van der Waals surface area contributed by atoms with Gasteiger partial charge in [0, 0.05) is 18.3 Å². The zero-order chi connectivity index (χ0) is 21.5. The van der Waals surface area contributed by atoms with Gasteiger partial charge in [-0.15, -0.1) is 0 Å². The summed E-state index contributed by atoms with van der Waals surface area (Å²) in [6.45, 7) is 6.33. The maximum atomic E-state index is 12.3. The lowest BCUT2D eigenvalue weighted by Crippen LogP contribution is -2.51. The maximum Gasteiger partial charge on any atom is 0.344 e. The van der Waals surface area contributed by atoms with Crippen LogP contribution in [0, 0.1) is 28.6 Å². The monoisotopic (exact) mass is 416 g/mol. The van der Waals surface area contributed by atoms with E-state index < -0.39 is 5.97 Å². The minimum absolute atomic E-state index is 0.00627. The summed E-state index contributed by atoms with van der Waals surface area (Å²) in [5.41, 5.74) is 1.56. The summed E-state index contributed by atoms with van der Waals surface area (Å²) >= 11 is 0. The van der Waals surface area contributed by atoms with Crippen LogP contribution in [0.25, 0.3) is 0 Å². The number of esters is 2. The number of ether oxygens (including phenoxy) is 2. The first-order valence-corrected chi connectivity index (χ1v) is 11.9. The van der Waals surface area contributed by atoms with E-state index in [1.54, 1.807) is 0 Å². The third-order valence-corrected chi connectivity index (χ3v) is 8.95. The third kappa shape index (κ3) is 3.62. The molecule has 3 fully saturated rings. The predicted octanol–water partition coefficient (Wildman–Crippen LogP) is 4.77. The molecule has 3 saturated carbocycles. The Labute approximate surface area is 179 Å². The summed E-state index contributed by atoms with van der Waals surface area (Å²) in [5, 5.41) is 0. The van der Waals surface area contributed by atoms with Crippen LogP contribution in [0.3, 0.4) is 0 Å². The summed E-state index contributed by atoms with van der Waals surface area (Å²) in [4.78, 5) is 35.9. The molecule has 4 aliphatic rings. The van der Waals surface area contributed by atoms with E-state index >= 15 is 0 Å². The molecule has 5 nitrogen and oxygen atoms in total. The van der Waals surface area contributed by atoms with Crippen molar-refractivity contribution < 1.29 is 23.9 Å². The zero-order valence-electron chi connectivity index (χ0n) is 18.7. The highest BCUT2D eigenvalue weighted by Crippen LogP contribution is 2.65. The molecule has 0 saturated heterocycles. The summed E-state index contributed by atoms with van der Waals surface area (Å²) in [6, 6.07) is 0. The quantitative estimate of drug-likeness (QED) is 0.604. The normalized spacial score (nSPS) is 40.0. The minimum Gasteiger partial charge on any atom is -0.459 e. The van der Waals surface area contributed by atoms with Crippen molar-refractivity contribution in [3.05, 3.63) is 11.6 Å². The van der Waals surface area contributed by atoms with Crippen molar-refractivity contribution in [3.63, 3.8) is 0 Å². The highest BCUT2D eigenvalue weighted by Gasteiger charge is 2.59. The number of hydrogen-bond acceptors (Lipinski definition) is 5. The molecule has 0 radical (unpaired) electrons. The summed E-state index contributed by atoms with van der Waals surface area (Å²) in [6.07, 6.45) is 11.0. The molecule has 5 heteroatoms. The van der Waals surface area contributed by atoms with Crippen LogP contribution in [0.5, 0.6) is 0 Å². The van der Waals surface area contributed by atoms with Crippen LogP contribution < -0.4 is 0 Å². The van der Waals surface area contributed by atoms with Gasteiger partial charge in [-0.2, -0.15) is 0 Å². The number of hydrogen-bond donors (Lipinski definition) is 0. The number of rotatable bonds is 5. The molecule has 0 unspecified atom stereocenters.